The van der Waals surface area contributed by atoms with Gasteiger partial charge in [-0.1, -0.05) is 58.3 Å². The van der Waals surface area contributed by atoms with Crippen molar-refractivity contribution in [3.05, 3.63) is 0 Å². The van der Waals surface area contributed by atoms with Crippen molar-refractivity contribution >= 4 is 23.4 Å². The van der Waals surface area contributed by atoms with Crippen LogP contribution in [0, 0.1) is 0 Å². The number of hydrogen-bond donors (Lipinski definition) is 0. The van der Waals surface area contributed by atoms with Crippen LogP contribution in [0.25, 0.3) is 0 Å². The molecule has 0 rings (SSSR count). The molecule has 5 nitrogen and oxygen atoms in total. The smallest absolute Gasteiger partial charge is 0.784 e. The molecule has 0 bridgehead atoms. The van der Waals surface area contributed by atoms with Gasteiger partial charge in [-0.2, -0.15) is 0 Å². The van der Waals surface area contributed by atoms with Gasteiger partial charge in [0.05, 0.1) is 6.42 Å². The Kier molecular flexibility index (Phi) is 38.7. The van der Waals surface area contributed by atoms with Gasteiger partial charge in [-0.15, -0.1) is 11.4 Å². The van der Waals surface area contributed by atoms with Crippen molar-refractivity contribution < 1.29 is 82.0 Å². The molecular weight excluding hydrogens is 326 g/mol. The molecule has 8 heteroatoms. The first-order valence-electron chi connectivity index (χ1n) is 7.26. The van der Waals surface area contributed by atoms with Crippen LogP contribution in [0.2, 0.25) is 0 Å². The molecule has 0 aliphatic rings. The topological polar surface area (TPSA) is 97.3 Å². The van der Waals surface area contributed by atoms with Gasteiger partial charge in [-0.3, -0.25) is 9.00 Å². The summed E-state index contributed by atoms with van der Waals surface area (Å²) in [6.07, 6.45) is 12.8. The Morgan fingerprint density at radius 1 is 0.909 bits per heavy atom. The van der Waals surface area contributed by atoms with Crippen molar-refractivity contribution in [1.29, 1.82) is 0 Å². The van der Waals surface area contributed by atoms with E-state index in [-0.39, 0.29) is 71.3 Å². The zero-order valence-corrected chi connectivity index (χ0v) is 19.1. The van der Waals surface area contributed by atoms with E-state index < -0.39 is 11.4 Å². The third-order valence-electron chi connectivity index (χ3n) is 2.87. The van der Waals surface area contributed by atoms with Crippen LogP contribution in [-0.4, -0.2) is 25.4 Å². The number of aldehydes is 1. The fraction of sp³-hybridized carbons (Fsp3) is 0.857. The summed E-state index contributed by atoms with van der Waals surface area (Å²) in [6.45, 7) is 2.23. The van der Waals surface area contributed by atoms with Gasteiger partial charge in [0.1, 0.15) is 12.1 Å². The molecule has 0 saturated carbocycles. The third-order valence-corrected chi connectivity index (χ3v) is 2.87. The van der Waals surface area contributed by atoms with Crippen LogP contribution < -0.4 is 59.1 Å². The van der Waals surface area contributed by atoms with Gasteiger partial charge in [0.15, 0.2) is 0 Å². The minimum Gasteiger partial charge on any atom is -0.784 e. The van der Waals surface area contributed by atoms with Crippen molar-refractivity contribution in [3.63, 3.8) is 0 Å². The largest absolute Gasteiger partial charge is 1.00 e. The number of Topliss-reactive ketones (excluding diaryl/α,β-unsaturated/α-hetero) is 1. The maximum atomic E-state index is 11.0. The van der Waals surface area contributed by atoms with Crippen molar-refractivity contribution in [3.8, 4) is 0 Å². The Morgan fingerprint density at radius 2 is 1.27 bits per heavy atom. The summed E-state index contributed by atoms with van der Waals surface area (Å²) in [5, 5.41) is 0. The number of unbranched alkanes of at least 4 members (excludes halogenated alkanes) is 8. The minimum atomic E-state index is -3.11. The molecule has 120 valence electrons. The van der Waals surface area contributed by atoms with E-state index in [0.29, 0.717) is 12.7 Å². The molecule has 0 aromatic carbocycles. The van der Waals surface area contributed by atoms with Crippen molar-refractivity contribution in [2.75, 3.05) is 0 Å². The van der Waals surface area contributed by atoms with Crippen LogP contribution in [0.1, 0.15) is 77.6 Å². The fourth-order valence-corrected chi connectivity index (χ4v) is 1.83. The molecule has 0 aromatic rings. The van der Waals surface area contributed by atoms with Crippen LogP contribution in [0.5, 0.6) is 0 Å². The number of ketones is 1. The normalized spacial score (nSPS) is 9.09. The van der Waals surface area contributed by atoms with Crippen LogP contribution in [0.15, 0.2) is 0 Å². The summed E-state index contributed by atoms with van der Waals surface area (Å²) >= 11 is -3.11. The maximum absolute atomic E-state index is 11.0. The average molecular weight is 352 g/mol. The molecule has 0 aromatic heterocycles. The van der Waals surface area contributed by atoms with E-state index in [1.807, 2.05) is 0 Å². The van der Waals surface area contributed by atoms with E-state index in [4.69, 9.17) is 13.3 Å². The number of carbonyl (C=O) groups excluding carboxylic acids is 2. The molecule has 0 atom stereocenters. The summed E-state index contributed by atoms with van der Waals surface area (Å²) in [5.41, 5.74) is 0. The third kappa shape index (κ3) is 37.6. The Labute approximate surface area is 181 Å². The molecule has 0 unspecified atom stereocenters. The second-order valence-corrected chi connectivity index (χ2v) is 5.10. The molecule has 22 heavy (non-hydrogen) atoms. The van der Waals surface area contributed by atoms with Crippen molar-refractivity contribution in [2.24, 2.45) is 0 Å². The molecule has 0 aliphatic heterocycles. The Hall–Kier alpha value is 1.41. The molecule has 0 aliphatic carbocycles. The minimum absolute atomic E-state index is 0. The monoisotopic (exact) mass is 352 g/mol. The molecule has 0 heterocycles. The first-order chi connectivity index (χ1) is 9.54. The van der Waals surface area contributed by atoms with Crippen LogP contribution in [-0.2, 0) is 21.0 Å². The number of carbonyl (C=O) groups is 2. The second-order valence-electron chi connectivity index (χ2n) is 4.69. The van der Waals surface area contributed by atoms with Gasteiger partial charge in [0, 0.05) is 6.42 Å². The number of rotatable bonds is 12. The molecule has 0 N–H and O–H groups in total. The average Bonchev–Trinajstić information content (AvgIpc) is 2.36. The maximum Gasteiger partial charge on any atom is 1.00 e. The predicted molar refractivity (Wildman–Crippen MR) is 77.2 cm³/mol. The summed E-state index contributed by atoms with van der Waals surface area (Å²) in [6, 6.07) is 0. The van der Waals surface area contributed by atoms with E-state index >= 15 is 0 Å². The van der Waals surface area contributed by atoms with Gasteiger partial charge >= 0.3 is 59.1 Å². The predicted octanol–water partition coefficient (Wildman–Crippen LogP) is -2.93. The van der Waals surface area contributed by atoms with Crippen LogP contribution in [0.3, 0.4) is 0 Å². The molecule has 0 amide bonds. The van der Waals surface area contributed by atoms with Gasteiger partial charge in [-0.05, 0) is 6.42 Å². The van der Waals surface area contributed by atoms with Crippen LogP contribution >= 0.6 is 0 Å². The summed E-state index contributed by atoms with van der Waals surface area (Å²) < 4.78 is 25.3. The molecule has 0 spiro atoms. The summed E-state index contributed by atoms with van der Waals surface area (Å²) in [5.74, 6) is 0.0953. The van der Waals surface area contributed by atoms with Crippen molar-refractivity contribution in [1.82, 2.24) is 0 Å². The quantitative estimate of drug-likeness (QED) is 0.123. The standard InChI is InChI=1S/C14H26O2.2Na.H2O3S/c1-2-3-4-5-6-7-8-9-10-11-14(16)12-13-15;;;1-4(2)3/h13H,2-12H2,1H3;;;(H2,1,2,3)/q;2*+1;/p-2. The molecule has 0 fully saturated rings. The van der Waals surface area contributed by atoms with E-state index in [1.165, 1.54) is 44.9 Å². The number of hydrogen-bond acceptors (Lipinski definition) is 5. The Balaban J connectivity index is -0.000000240. The van der Waals surface area contributed by atoms with E-state index in [1.54, 1.807) is 0 Å². The molecule has 0 saturated heterocycles. The Morgan fingerprint density at radius 3 is 1.64 bits per heavy atom. The fourth-order valence-electron chi connectivity index (χ4n) is 1.83. The van der Waals surface area contributed by atoms with E-state index in [9.17, 15) is 9.59 Å². The first-order valence-corrected chi connectivity index (χ1v) is 8.26. The molecular formula is C14H26Na2O5S. The molecule has 0 radical (unpaired) electrons. The zero-order chi connectivity index (χ0) is 15.6. The van der Waals surface area contributed by atoms with Crippen molar-refractivity contribution in [2.45, 2.75) is 77.6 Å². The Bertz CT molecular complexity index is 262. The second kappa shape index (κ2) is 27.3. The summed E-state index contributed by atoms with van der Waals surface area (Å²) in [7, 11) is 0. The van der Waals surface area contributed by atoms with Gasteiger partial charge in [0.25, 0.3) is 0 Å². The zero-order valence-electron chi connectivity index (χ0n) is 14.3. The van der Waals surface area contributed by atoms with E-state index in [2.05, 4.69) is 6.92 Å². The van der Waals surface area contributed by atoms with Gasteiger partial charge < -0.3 is 13.9 Å². The van der Waals surface area contributed by atoms with Gasteiger partial charge in [-0.25, -0.2) is 0 Å². The van der Waals surface area contributed by atoms with Crippen LogP contribution in [0.4, 0.5) is 0 Å². The summed E-state index contributed by atoms with van der Waals surface area (Å²) in [4.78, 5) is 21.1. The SMILES string of the molecule is CCCCCCCCCCCC(=O)CC=O.O=S([O-])[O-].[Na+].[Na+]. The van der Waals surface area contributed by atoms with E-state index in [0.717, 1.165) is 12.8 Å². The first kappa shape index (κ1) is 31.2. The van der Waals surface area contributed by atoms with Gasteiger partial charge in [0.2, 0.25) is 0 Å².